The topological polar surface area (TPSA) is 65.9 Å². The van der Waals surface area contributed by atoms with Crippen molar-refractivity contribution in [3.63, 3.8) is 0 Å². The quantitative estimate of drug-likeness (QED) is 0.435. The molecule has 0 aliphatic heterocycles. The lowest BCUT2D eigenvalue weighted by molar-refractivity contribution is 0.0798. The average molecular weight is 445 g/mol. The third-order valence-electron chi connectivity index (χ3n) is 4.62. The van der Waals surface area contributed by atoms with Crippen molar-refractivity contribution in [3.05, 3.63) is 65.9 Å². The number of hydrogen-bond acceptors (Lipinski definition) is 7. The summed E-state index contributed by atoms with van der Waals surface area (Å²) in [4.78, 5) is 10.7. The van der Waals surface area contributed by atoms with Gasteiger partial charge in [0, 0.05) is 13.1 Å². The first-order valence-electron chi connectivity index (χ1n) is 9.85. The Morgan fingerprint density at radius 1 is 0.812 bits per heavy atom. The van der Waals surface area contributed by atoms with Gasteiger partial charge in [0.2, 0.25) is 5.95 Å². The number of methoxy groups -OCH3 is 3. The third-order valence-corrected chi connectivity index (χ3v) is 4.62. The maximum atomic E-state index is 12.5. The Bertz CT molecular complexity index is 936. The summed E-state index contributed by atoms with van der Waals surface area (Å²) >= 11 is 0. The molecule has 0 amide bonds. The lowest BCUT2D eigenvalue weighted by atomic mass is 10.1. The van der Waals surface area contributed by atoms with Crippen LogP contribution >= 0.6 is 0 Å². The van der Waals surface area contributed by atoms with Gasteiger partial charge in [0.25, 0.3) is 12.3 Å². The van der Waals surface area contributed by atoms with Crippen LogP contribution in [0.3, 0.4) is 0 Å². The van der Waals surface area contributed by atoms with Gasteiger partial charge in [-0.1, -0.05) is 24.3 Å². The maximum Gasteiger partial charge on any atom is 0.272 e. The summed E-state index contributed by atoms with van der Waals surface area (Å²) in [5.41, 5.74) is 2.03. The van der Waals surface area contributed by atoms with Crippen molar-refractivity contribution < 1.29 is 27.7 Å². The van der Waals surface area contributed by atoms with Crippen molar-refractivity contribution in [2.75, 3.05) is 32.8 Å². The van der Waals surface area contributed by atoms with Crippen molar-refractivity contribution in [1.82, 2.24) is 9.97 Å². The van der Waals surface area contributed by atoms with Gasteiger partial charge >= 0.3 is 0 Å². The van der Waals surface area contributed by atoms with Crippen LogP contribution in [0.5, 0.6) is 23.1 Å². The Hall–Kier alpha value is -3.62. The maximum absolute atomic E-state index is 12.5. The summed E-state index contributed by atoms with van der Waals surface area (Å²) in [5.74, 6) is 2.04. The van der Waals surface area contributed by atoms with Gasteiger partial charge in [0.15, 0.2) is 5.75 Å². The van der Waals surface area contributed by atoms with E-state index in [0.717, 1.165) is 22.6 Å². The minimum Gasteiger partial charge on any atom is -0.497 e. The number of halogens is 2. The van der Waals surface area contributed by atoms with Crippen LogP contribution in [0, 0.1) is 0 Å². The van der Waals surface area contributed by atoms with E-state index in [1.807, 2.05) is 53.4 Å². The summed E-state index contributed by atoms with van der Waals surface area (Å²) in [5, 5.41) is 0. The molecule has 9 heteroatoms. The molecule has 0 saturated heterocycles. The zero-order valence-corrected chi connectivity index (χ0v) is 18.1. The Balaban J connectivity index is 1.88. The van der Waals surface area contributed by atoms with Gasteiger partial charge in [0.05, 0.1) is 27.5 Å². The largest absolute Gasteiger partial charge is 0.497 e. The highest BCUT2D eigenvalue weighted by Crippen LogP contribution is 2.28. The second-order valence-corrected chi connectivity index (χ2v) is 6.80. The van der Waals surface area contributed by atoms with Gasteiger partial charge < -0.3 is 23.8 Å². The molecule has 0 aliphatic carbocycles. The van der Waals surface area contributed by atoms with Crippen molar-refractivity contribution in [1.29, 1.82) is 0 Å². The Morgan fingerprint density at radius 3 is 1.78 bits per heavy atom. The summed E-state index contributed by atoms with van der Waals surface area (Å²) in [6, 6.07) is 15.3. The highest BCUT2D eigenvalue weighted by Gasteiger charge is 2.17. The molecule has 0 N–H and O–H groups in total. The van der Waals surface area contributed by atoms with Gasteiger partial charge in [-0.3, -0.25) is 0 Å². The Labute approximate surface area is 185 Å². The second-order valence-electron chi connectivity index (χ2n) is 6.80. The van der Waals surface area contributed by atoms with E-state index in [9.17, 15) is 8.78 Å². The smallest absolute Gasteiger partial charge is 0.272 e. The van der Waals surface area contributed by atoms with Crippen molar-refractivity contribution in [2.45, 2.75) is 19.5 Å². The SMILES string of the molecule is COc1ccc(CN(Cc2ccc(OC)cc2)c2ncc(OCC(F)F)c(OC)n2)cc1. The van der Waals surface area contributed by atoms with Crippen molar-refractivity contribution >= 4 is 5.95 Å². The van der Waals surface area contributed by atoms with E-state index in [4.69, 9.17) is 18.9 Å². The van der Waals surface area contributed by atoms with Crippen molar-refractivity contribution in [2.24, 2.45) is 0 Å². The number of hydrogen-bond donors (Lipinski definition) is 0. The van der Waals surface area contributed by atoms with E-state index in [0.29, 0.717) is 19.0 Å². The van der Waals surface area contributed by atoms with E-state index in [1.54, 1.807) is 14.2 Å². The van der Waals surface area contributed by atoms with Crippen LogP contribution in [0.15, 0.2) is 54.7 Å². The molecule has 0 aliphatic rings. The van der Waals surface area contributed by atoms with E-state index in [-0.39, 0.29) is 11.6 Å². The van der Waals surface area contributed by atoms with Gasteiger partial charge in [-0.15, -0.1) is 0 Å². The normalized spacial score (nSPS) is 10.7. The molecule has 170 valence electrons. The number of alkyl halides is 2. The Kier molecular flexibility index (Phi) is 8.02. The molecular weight excluding hydrogens is 420 g/mol. The molecule has 3 rings (SSSR count). The molecule has 0 bridgehead atoms. The minimum absolute atomic E-state index is 0.0606. The van der Waals surface area contributed by atoms with Gasteiger partial charge in [-0.05, 0) is 35.4 Å². The van der Waals surface area contributed by atoms with Crippen LogP contribution < -0.4 is 23.8 Å². The first kappa shape index (κ1) is 23.1. The molecule has 0 saturated carbocycles. The lowest BCUT2D eigenvalue weighted by Crippen LogP contribution is -2.24. The van der Waals surface area contributed by atoms with Crippen LogP contribution in [-0.2, 0) is 13.1 Å². The molecule has 3 aromatic rings. The highest BCUT2D eigenvalue weighted by atomic mass is 19.3. The molecule has 32 heavy (non-hydrogen) atoms. The number of nitrogens with zero attached hydrogens (tertiary/aromatic N) is 3. The van der Waals surface area contributed by atoms with Crippen LogP contribution in [0.25, 0.3) is 0 Å². The molecule has 0 atom stereocenters. The van der Waals surface area contributed by atoms with Crippen LogP contribution in [0.2, 0.25) is 0 Å². The van der Waals surface area contributed by atoms with E-state index in [2.05, 4.69) is 9.97 Å². The summed E-state index contributed by atoms with van der Waals surface area (Å²) in [7, 11) is 4.63. The fraction of sp³-hybridized carbons (Fsp3) is 0.304. The van der Waals surface area contributed by atoms with Crippen molar-refractivity contribution in [3.8, 4) is 23.1 Å². The summed E-state index contributed by atoms with van der Waals surface area (Å²) < 4.78 is 45.8. The first-order chi connectivity index (χ1) is 15.5. The fourth-order valence-electron chi connectivity index (χ4n) is 3.00. The number of anilines is 1. The van der Waals surface area contributed by atoms with Crippen LogP contribution in [-0.4, -0.2) is 44.3 Å². The van der Waals surface area contributed by atoms with E-state index in [1.165, 1.54) is 13.3 Å². The summed E-state index contributed by atoms with van der Waals surface area (Å²) in [6.45, 7) is 0.229. The fourth-order valence-corrected chi connectivity index (χ4v) is 3.00. The van der Waals surface area contributed by atoms with Crippen LogP contribution in [0.4, 0.5) is 14.7 Å². The molecule has 1 aromatic heterocycles. The molecule has 0 spiro atoms. The Morgan fingerprint density at radius 2 is 1.34 bits per heavy atom. The molecule has 7 nitrogen and oxygen atoms in total. The molecule has 0 fully saturated rings. The zero-order valence-electron chi connectivity index (χ0n) is 18.1. The number of ether oxygens (including phenoxy) is 4. The first-order valence-corrected chi connectivity index (χ1v) is 9.85. The van der Waals surface area contributed by atoms with Gasteiger partial charge in [0.1, 0.15) is 18.1 Å². The van der Waals surface area contributed by atoms with Gasteiger partial charge in [-0.2, -0.15) is 4.98 Å². The van der Waals surface area contributed by atoms with E-state index < -0.39 is 13.0 Å². The molecule has 0 radical (unpaired) electrons. The number of aromatic nitrogens is 2. The van der Waals surface area contributed by atoms with Gasteiger partial charge in [-0.25, -0.2) is 13.8 Å². The summed E-state index contributed by atoms with van der Waals surface area (Å²) in [6.07, 6.45) is -1.26. The predicted molar refractivity (Wildman–Crippen MR) is 116 cm³/mol. The third kappa shape index (κ3) is 6.19. The standard InChI is InChI=1S/C23H25F2N3O4/c1-29-18-8-4-16(5-9-18)13-28(14-17-6-10-19(30-2)11-7-17)23-26-12-20(22(27-23)31-3)32-15-21(24)25/h4-12,21H,13-15H2,1-3H3. The molecular formula is C23H25F2N3O4. The average Bonchev–Trinajstić information content (AvgIpc) is 2.83. The second kappa shape index (κ2) is 11.1. The monoisotopic (exact) mass is 445 g/mol. The van der Waals surface area contributed by atoms with E-state index >= 15 is 0 Å². The molecule has 0 unspecified atom stereocenters. The number of benzene rings is 2. The molecule has 2 aromatic carbocycles. The van der Waals surface area contributed by atoms with Crippen LogP contribution in [0.1, 0.15) is 11.1 Å². The highest BCUT2D eigenvalue weighted by molar-refractivity contribution is 5.42. The molecule has 1 heterocycles. The minimum atomic E-state index is -2.61. The number of rotatable bonds is 11. The predicted octanol–water partition coefficient (Wildman–Crippen LogP) is 4.35. The zero-order chi connectivity index (χ0) is 22.9. The lowest BCUT2D eigenvalue weighted by Gasteiger charge is -2.24.